The van der Waals surface area contributed by atoms with Crippen LogP contribution >= 0.6 is 0 Å². The Hall–Kier alpha value is -3.91. The summed E-state index contributed by atoms with van der Waals surface area (Å²) in [6, 6.07) is 22.2. The van der Waals surface area contributed by atoms with Crippen molar-refractivity contribution in [2.24, 2.45) is 0 Å². The Balaban J connectivity index is 1.55. The number of aliphatic carboxylic acids is 1. The average Bonchev–Trinajstić information content (AvgIpc) is 2.80. The summed E-state index contributed by atoms with van der Waals surface area (Å²) in [5, 5.41) is 18.3. The molecule has 5 nitrogen and oxygen atoms in total. The van der Waals surface area contributed by atoms with Gasteiger partial charge < -0.3 is 9.84 Å². The van der Waals surface area contributed by atoms with Crippen molar-refractivity contribution in [1.29, 1.82) is 5.26 Å². The van der Waals surface area contributed by atoms with Gasteiger partial charge in [0.15, 0.2) is 5.78 Å². The molecule has 0 atom stereocenters. The molecule has 3 aromatic rings. The van der Waals surface area contributed by atoms with E-state index < -0.39 is 5.97 Å². The number of hydrogen-bond acceptors (Lipinski definition) is 4. The lowest BCUT2D eigenvalue weighted by Crippen LogP contribution is -2.10. The van der Waals surface area contributed by atoms with Crippen LogP contribution in [0.4, 0.5) is 0 Å². The number of rotatable bonds is 9. The van der Waals surface area contributed by atoms with Crippen LogP contribution in [0.15, 0.2) is 66.7 Å². The number of aryl methyl sites for hydroxylation is 1. The molecule has 0 saturated carbocycles. The van der Waals surface area contributed by atoms with Crippen LogP contribution in [0.5, 0.6) is 11.5 Å². The Morgan fingerprint density at radius 2 is 1.59 bits per heavy atom. The lowest BCUT2D eigenvalue weighted by atomic mass is 9.86. The second-order valence-corrected chi connectivity index (χ2v) is 9.36. The number of nitrogens with zero attached hydrogens (tertiary/aromatic N) is 1. The van der Waals surface area contributed by atoms with Crippen LogP contribution in [-0.2, 0) is 23.1 Å². The van der Waals surface area contributed by atoms with E-state index in [0.717, 1.165) is 12.8 Å². The molecule has 0 aliphatic heterocycles. The van der Waals surface area contributed by atoms with E-state index in [9.17, 15) is 14.9 Å². The predicted octanol–water partition coefficient (Wildman–Crippen LogP) is 6.48. The quantitative estimate of drug-likeness (QED) is 0.373. The monoisotopic (exact) mass is 455 g/mol. The first-order valence-electron chi connectivity index (χ1n) is 11.3. The molecule has 34 heavy (non-hydrogen) atoms. The standard InChI is InChI=1S/C29H29NO4/c1-29(2,3)24-12-7-20(8-13-24)5-4-6-26(31)22-10-14-25(15-11-22)34-27-16-9-21(18-28(32)33)17-23(27)19-30/h7-17H,4-6,18H2,1-3H3,(H,32,33). The summed E-state index contributed by atoms with van der Waals surface area (Å²) >= 11 is 0. The maximum Gasteiger partial charge on any atom is 0.307 e. The highest BCUT2D eigenvalue weighted by Crippen LogP contribution is 2.27. The minimum atomic E-state index is -0.962. The summed E-state index contributed by atoms with van der Waals surface area (Å²) in [4.78, 5) is 23.5. The topological polar surface area (TPSA) is 87.4 Å². The van der Waals surface area contributed by atoms with Gasteiger partial charge in [0.05, 0.1) is 12.0 Å². The average molecular weight is 456 g/mol. The van der Waals surface area contributed by atoms with Gasteiger partial charge in [-0.3, -0.25) is 9.59 Å². The van der Waals surface area contributed by atoms with Gasteiger partial charge in [0.2, 0.25) is 0 Å². The Labute approximate surface area is 200 Å². The first-order chi connectivity index (χ1) is 16.2. The van der Waals surface area contributed by atoms with Crippen LogP contribution < -0.4 is 4.74 Å². The van der Waals surface area contributed by atoms with Crippen LogP contribution in [0.2, 0.25) is 0 Å². The number of ether oxygens (including phenoxy) is 1. The summed E-state index contributed by atoms with van der Waals surface area (Å²) in [6.45, 7) is 6.58. The number of Topliss-reactive ketones (excluding diaryl/α,β-unsaturated/α-hetero) is 1. The van der Waals surface area contributed by atoms with E-state index in [2.05, 4.69) is 45.0 Å². The molecule has 174 valence electrons. The number of ketones is 1. The minimum absolute atomic E-state index is 0.0774. The highest BCUT2D eigenvalue weighted by molar-refractivity contribution is 5.96. The van der Waals surface area contributed by atoms with E-state index in [4.69, 9.17) is 9.84 Å². The molecule has 0 spiro atoms. The molecule has 0 bridgehead atoms. The molecule has 0 aliphatic carbocycles. The van der Waals surface area contributed by atoms with E-state index in [0.29, 0.717) is 29.0 Å². The molecule has 5 heteroatoms. The molecule has 3 aromatic carbocycles. The number of nitriles is 1. The van der Waals surface area contributed by atoms with Gasteiger partial charge in [-0.25, -0.2) is 0 Å². The zero-order chi connectivity index (χ0) is 24.7. The lowest BCUT2D eigenvalue weighted by Gasteiger charge is -2.19. The van der Waals surface area contributed by atoms with Crippen molar-refractivity contribution < 1.29 is 19.4 Å². The molecule has 0 aliphatic rings. The third kappa shape index (κ3) is 6.79. The van der Waals surface area contributed by atoms with E-state index in [-0.39, 0.29) is 23.2 Å². The summed E-state index contributed by atoms with van der Waals surface area (Å²) < 4.78 is 5.79. The molecule has 0 heterocycles. The van der Waals surface area contributed by atoms with Gasteiger partial charge in [-0.05, 0) is 71.3 Å². The summed E-state index contributed by atoms with van der Waals surface area (Å²) in [5.74, 6) is -0.0454. The maximum absolute atomic E-state index is 12.6. The largest absolute Gasteiger partial charge is 0.481 e. The Morgan fingerprint density at radius 3 is 2.18 bits per heavy atom. The lowest BCUT2D eigenvalue weighted by molar-refractivity contribution is -0.136. The predicted molar refractivity (Wildman–Crippen MR) is 131 cm³/mol. The van der Waals surface area contributed by atoms with Crippen LogP contribution in [0.1, 0.15) is 66.2 Å². The normalized spacial score (nSPS) is 11.0. The molecular formula is C29H29NO4. The zero-order valence-electron chi connectivity index (χ0n) is 19.8. The van der Waals surface area contributed by atoms with E-state index in [1.54, 1.807) is 36.4 Å². The van der Waals surface area contributed by atoms with Crippen molar-refractivity contribution in [1.82, 2.24) is 0 Å². The fourth-order valence-electron chi connectivity index (χ4n) is 3.64. The van der Waals surface area contributed by atoms with Gasteiger partial charge in [-0.2, -0.15) is 5.26 Å². The third-order valence-electron chi connectivity index (χ3n) is 5.61. The maximum atomic E-state index is 12.6. The zero-order valence-corrected chi connectivity index (χ0v) is 19.8. The van der Waals surface area contributed by atoms with Gasteiger partial charge in [0.1, 0.15) is 17.6 Å². The van der Waals surface area contributed by atoms with Crippen molar-refractivity contribution in [2.75, 3.05) is 0 Å². The fourth-order valence-corrected chi connectivity index (χ4v) is 3.64. The smallest absolute Gasteiger partial charge is 0.307 e. The Kier molecular flexibility index (Phi) is 7.86. The second-order valence-electron chi connectivity index (χ2n) is 9.36. The van der Waals surface area contributed by atoms with Gasteiger partial charge in [-0.15, -0.1) is 0 Å². The van der Waals surface area contributed by atoms with Crippen LogP contribution in [0.3, 0.4) is 0 Å². The number of carboxylic acids is 1. The van der Waals surface area contributed by atoms with E-state index >= 15 is 0 Å². The third-order valence-corrected chi connectivity index (χ3v) is 5.61. The summed E-state index contributed by atoms with van der Waals surface area (Å²) in [5.41, 5.74) is 4.06. The minimum Gasteiger partial charge on any atom is -0.481 e. The highest BCUT2D eigenvalue weighted by Gasteiger charge is 2.13. The van der Waals surface area contributed by atoms with Gasteiger partial charge in [0.25, 0.3) is 0 Å². The first-order valence-corrected chi connectivity index (χ1v) is 11.3. The summed E-state index contributed by atoms with van der Waals surface area (Å²) in [6.07, 6.45) is 1.94. The van der Waals surface area contributed by atoms with Crippen LogP contribution in [0, 0.1) is 11.3 Å². The Morgan fingerprint density at radius 1 is 0.941 bits per heavy atom. The van der Waals surface area contributed by atoms with Crippen LogP contribution in [0.25, 0.3) is 0 Å². The first kappa shape index (κ1) is 24.7. The van der Waals surface area contributed by atoms with E-state index in [1.807, 2.05) is 6.07 Å². The molecule has 0 saturated heterocycles. The summed E-state index contributed by atoms with van der Waals surface area (Å²) in [7, 11) is 0. The number of carboxylic acid groups (broad SMARTS) is 1. The molecule has 0 amide bonds. The number of benzene rings is 3. The van der Waals surface area contributed by atoms with Gasteiger partial charge >= 0.3 is 5.97 Å². The van der Waals surface area contributed by atoms with Crippen molar-refractivity contribution in [3.8, 4) is 17.6 Å². The van der Waals surface area contributed by atoms with Crippen molar-refractivity contribution in [3.63, 3.8) is 0 Å². The molecule has 0 fully saturated rings. The second kappa shape index (κ2) is 10.8. The molecular weight excluding hydrogens is 426 g/mol. The number of carbonyl (C=O) groups excluding carboxylic acids is 1. The van der Waals surface area contributed by atoms with Crippen molar-refractivity contribution in [3.05, 3.63) is 94.5 Å². The molecule has 3 rings (SSSR count). The number of hydrogen-bond donors (Lipinski definition) is 1. The number of carbonyl (C=O) groups is 2. The molecule has 0 aromatic heterocycles. The highest BCUT2D eigenvalue weighted by atomic mass is 16.5. The van der Waals surface area contributed by atoms with Crippen molar-refractivity contribution in [2.45, 2.75) is 51.9 Å². The van der Waals surface area contributed by atoms with Crippen LogP contribution in [-0.4, -0.2) is 16.9 Å². The molecule has 1 N–H and O–H groups in total. The SMILES string of the molecule is CC(C)(C)c1ccc(CCCC(=O)c2ccc(Oc3ccc(CC(=O)O)cc3C#N)cc2)cc1. The van der Waals surface area contributed by atoms with Gasteiger partial charge in [-0.1, -0.05) is 51.1 Å². The fraction of sp³-hybridized carbons (Fsp3) is 0.276. The molecule has 0 radical (unpaired) electrons. The molecule has 0 unspecified atom stereocenters. The van der Waals surface area contributed by atoms with E-state index in [1.165, 1.54) is 17.2 Å². The van der Waals surface area contributed by atoms with Gasteiger partial charge in [0, 0.05) is 12.0 Å². The Bertz CT molecular complexity index is 1200. The van der Waals surface area contributed by atoms with Crippen molar-refractivity contribution >= 4 is 11.8 Å².